The molecule has 3 fully saturated rings. The molecule has 2 atom stereocenters. The Balaban J connectivity index is 1.27. The Hall–Kier alpha value is -3.28. The van der Waals surface area contributed by atoms with Crippen molar-refractivity contribution in [1.29, 1.82) is 0 Å². The predicted molar refractivity (Wildman–Crippen MR) is 144 cm³/mol. The summed E-state index contributed by atoms with van der Waals surface area (Å²) in [6.07, 6.45) is 0.221. The molecule has 1 aromatic heterocycles. The second-order valence-corrected chi connectivity index (χ2v) is 10.5. The molecule has 3 aliphatic heterocycles. The summed E-state index contributed by atoms with van der Waals surface area (Å²) < 4.78 is 46.0. The van der Waals surface area contributed by atoms with Crippen molar-refractivity contribution < 1.29 is 22.7 Å². The number of carbonyl (C=O) groups is 1. The highest BCUT2D eigenvalue weighted by molar-refractivity contribution is 5.68. The Morgan fingerprint density at radius 2 is 1.95 bits per heavy atom. The predicted octanol–water partition coefficient (Wildman–Crippen LogP) is 4.73. The molecule has 0 spiro atoms. The first-order chi connectivity index (χ1) is 18.7. The third-order valence-corrected chi connectivity index (χ3v) is 7.98. The minimum absolute atomic E-state index is 0.0881. The molecule has 0 aliphatic carbocycles. The number of anilines is 4. The first-order valence-corrected chi connectivity index (χ1v) is 13.7. The van der Waals surface area contributed by atoms with E-state index in [1.54, 1.807) is 4.90 Å². The molecule has 5 rings (SSSR count). The van der Waals surface area contributed by atoms with Crippen molar-refractivity contribution in [2.45, 2.75) is 57.3 Å². The Morgan fingerprint density at radius 3 is 2.64 bits per heavy atom. The van der Waals surface area contributed by atoms with Crippen LogP contribution in [0.3, 0.4) is 0 Å². The van der Waals surface area contributed by atoms with E-state index in [0.29, 0.717) is 38.2 Å². The maximum atomic E-state index is 13.7. The van der Waals surface area contributed by atoms with E-state index in [1.165, 1.54) is 12.8 Å². The molecule has 212 valence electrons. The number of ether oxygens (including phenoxy) is 1. The Labute approximate surface area is 226 Å². The maximum Gasteiger partial charge on any atom is 0.421 e. The molecule has 12 heteroatoms. The summed E-state index contributed by atoms with van der Waals surface area (Å²) in [6, 6.07) is 7.32. The van der Waals surface area contributed by atoms with E-state index in [9.17, 15) is 18.0 Å². The van der Waals surface area contributed by atoms with Crippen molar-refractivity contribution in [1.82, 2.24) is 19.8 Å². The van der Waals surface area contributed by atoms with Crippen LogP contribution in [0.2, 0.25) is 0 Å². The SMILES string of the molecule is CCc1cc(N2CC3CCC(C2)N3C)ccc1Nc1ncc(C(F)(F)F)c(NCCCN2CCCOC2=O)n1. The van der Waals surface area contributed by atoms with Crippen LogP contribution in [-0.2, 0) is 17.3 Å². The molecule has 4 heterocycles. The first-order valence-electron chi connectivity index (χ1n) is 13.7. The van der Waals surface area contributed by atoms with Crippen molar-refractivity contribution in [3.05, 3.63) is 35.5 Å². The molecular formula is C27H36F3N7O2. The number of nitrogens with zero attached hydrogens (tertiary/aromatic N) is 5. The number of alkyl halides is 3. The number of fused-ring (bicyclic) bond motifs is 2. The number of piperazine rings is 1. The molecule has 3 saturated heterocycles. The number of aromatic nitrogens is 2. The molecule has 3 aliphatic rings. The van der Waals surface area contributed by atoms with E-state index < -0.39 is 11.7 Å². The Bertz CT molecular complexity index is 1160. The smallest absolute Gasteiger partial charge is 0.421 e. The fraction of sp³-hybridized carbons (Fsp3) is 0.593. The van der Waals surface area contributed by atoms with Gasteiger partial charge in [-0.15, -0.1) is 0 Å². The Kier molecular flexibility index (Phi) is 8.01. The molecule has 39 heavy (non-hydrogen) atoms. The van der Waals surface area contributed by atoms with Gasteiger partial charge in [0.2, 0.25) is 5.95 Å². The second-order valence-electron chi connectivity index (χ2n) is 10.5. The third-order valence-electron chi connectivity index (χ3n) is 7.98. The lowest BCUT2D eigenvalue weighted by molar-refractivity contribution is -0.137. The molecule has 2 bridgehead atoms. The van der Waals surface area contributed by atoms with Crippen LogP contribution in [0, 0.1) is 0 Å². The summed E-state index contributed by atoms with van der Waals surface area (Å²) in [7, 11) is 2.21. The first kappa shape index (κ1) is 27.3. The number of carbonyl (C=O) groups excluding carboxylic acids is 1. The lowest BCUT2D eigenvalue weighted by atomic mass is 10.1. The number of rotatable bonds is 9. The van der Waals surface area contributed by atoms with Crippen LogP contribution in [0.25, 0.3) is 0 Å². The van der Waals surface area contributed by atoms with Crippen LogP contribution in [-0.4, -0.2) is 84.3 Å². The van der Waals surface area contributed by atoms with Crippen LogP contribution in [0.4, 0.5) is 41.1 Å². The summed E-state index contributed by atoms with van der Waals surface area (Å²) in [5.74, 6) is -0.200. The zero-order valence-corrected chi connectivity index (χ0v) is 22.4. The Morgan fingerprint density at radius 1 is 1.18 bits per heavy atom. The highest BCUT2D eigenvalue weighted by atomic mass is 19.4. The number of benzene rings is 1. The quantitative estimate of drug-likeness (QED) is 0.436. The molecule has 2 N–H and O–H groups in total. The van der Waals surface area contributed by atoms with Gasteiger partial charge in [0.25, 0.3) is 0 Å². The van der Waals surface area contributed by atoms with Crippen molar-refractivity contribution in [2.24, 2.45) is 0 Å². The number of nitrogens with one attached hydrogen (secondary N) is 2. The minimum atomic E-state index is -4.60. The number of hydrogen-bond acceptors (Lipinski definition) is 8. The van der Waals surface area contributed by atoms with Gasteiger partial charge < -0.3 is 25.2 Å². The second kappa shape index (κ2) is 11.4. The molecule has 0 radical (unpaired) electrons. The van der Waals surface area contributed by atoms with Crippen LogP contribution >= 0.6 is 0 Å². The molecule has 9 nitrogen and oxygen atoms in total. The topological polar surface area (TPSA) is 85.9 Å². The number of likely N-dealkylation sites (N-methyl/N-ethyl adjacent to an activating group) is 1. The van der Waals surface area contributed by atoms with E-state index in [0.717, 1.165) is 49.1 Å². The molecular weight excluding hydrogens is 511 g/mol. The van der Waals surface area contributed by atoms with E-state index in [1.807, 2.05) is 6.07 Å². The summed E-state index contributed by atoms with van der Waals surface area (Å²) in [4.78, 5) is 26.4. The summed E-state index contributed by atoms with van der Waals surface area (Å²) in [5, 5.41) is 5.93. The van der Waals surface area contributed by atoms with Gasteiger partial charge in [0.05, 0.1) is 6.61 Å². The summed E-state index contributed by atoms with van der Waals surface area (Å²) >= 11 is 0. The van der Waals surface area contributed by atoms with E-state index in [2.05, 4.69) is 56.5 Å². The maximum absolute atomic E-state index is 13.7. The van der Waals surface area contributed by atoms with Crippen LogP contribution in [0.1, 0.15) is 43.7 Å². The monoisotopic (exact) mass is 547 g/mol. The van der Waals surface area contributed by atoms with Crippen LogP contribution in [0.15, 0.2) is 24.4 Å². The lowest BCUT2D eigenvalue weighted by Crippen LogP contribution is -2.52. The van der Waals surface area contributed by atoms with Gasteiger partial charge in [0.15, 0.2) is 0 Å². The lowest BCUT2D eigenvalue weighted by Gasteiger charge is -2.40. The summed E-state index contributed by atoms with van der Waals surface area (Å²) in [6.45, 7) is 5.64. The van der Waals surface area contributed by atoms with Crippen molar-refractivity contribution >= 4 is 29.2 Å². The van der Waals surface area contributed by atoms with Gasteiger partial charge in [-0.3, -0.25) is 4.90 Å². The normalized spacial score (nSPS) is 21.7. The van der Waals surface area contributed by atoms with Gasteiger partial charge in [-0.2, -0.15) is 18.2 Å². The molecule has 1 aromatic carbocycles. The van der Waals surface area contributed by atoms with Gasteiger partial charge in [-0.05, 0) is 62.9 Å². The highest BCUT2D eigenvalue weighted by Gasteiger charge is 2.38. The molecule has 1 amide bonds. The molecule has 0 saturated carbocycles. The van der Waals surface area contributed by atoms with Crippen molar-refractivity contribution in [2.75, 3.05) is 61.9 Å². The van der Waals surface area contributed by atoms with Gasteiger partial charge >= 0.3 is 12.3 Å². The van der Waals surface area contributed by atoms with Crippen LogP contribution < -0.4 is 15.5 Å². The highest BCUT2D eigenvalue weighted by Crippen LogP contribution is 2.35. The van der Waals surface area contributed by atoms with Gasteiger partial charge in [-0.25, -0.2) is 9.78 Å². The fourth-order valence-corrected chi connectivity index (χ4v) is 5.70. The zero-order chi connectivity index (χ0) is 27.6. The molecule has 2 aromatic rings. The van der Waals surface area contributed by atoms with Crippen molar-refractivity contribution in [3.63, 3.8) is 0 Å². The summed E-state index contributed by atoms with van der Waals surface area (Å²) in [5.41, 5.74) is 2.05. The largest absolute Gasteiger partial charge is 0.449 e. The zero-order valence-electron chi connectivity index (χ0n) is 22.4. The molecule has 2 unspecified atom stereocenters. The van der Waals surface area contributed by atoms with E-state index in [4.69, 9.17) is 4.74 Å². The standard InChI is InChI=1S/C27H36F3N7O2/c1-3-18-14-19(37-16-20-6-7-21(17-37)35(20)2)8-9-23(18)33-25-32-15-22(27(28,29)30)24(34-25)31-10-4-11-36-12-5-13-39-26(36)38/h8-9,14-15,20-21H,3-7,10-13,16-17H2,1-2H3,(H2,31,32,33,34). The fourth-order valence-electron chi connectivity index (χ4n) is 5.70. The average Bonchev–Trinajstić information content (AvgIpc) is 3.10. The van der Waals surface area contributed by atoms with E-state index in [-0.39, 0.29) is 24.4 Å². The van der Waals surface area contributed by atoms with Gasteiger partial charge in [-0.1, -0.05) is 6.92 Å². The third kappa shape index (κ3) is 6.15. The number of hydrogen-bond donors (Lipinski definition) is 2. The van der Waals surface area contributed by atoms with Crippen molar-refractivity contribution in [3.8, 4) is 0 Å². The van der Waals surface area contributed by atoms with Crippen LogP contribution in [0.5, 0.6) is 0 Å². The number of halogens is 3. The number of aryl methyl sites for hydroxylation is 1. The minimum Gasteiger partial charge on any atom is -0.449 e. The number of cyclic esters (lactones) is 1. The van der Waals surface area contributed by atoms with E-state index >= 15 is 0 Å². The average molecular weight is 548 g/mol. The van der Waals surface area contributed by atoms with Gasteiger partial charge in [0.1, 0.15) is 11.4 Å². The number of amides is 1. The van der Waals surface area contributed by atoms with Gasteiger partial charge in [0, 0.05) is 62.4 Å².